The highest BCUT2D eigenvalue weighted by molar-refractivity contribution is 5.84. The molecule has 0 aliphatic carbocycles. The zero-order valence-corrected chi connectivity index (χ0v) is 9.53. The minimum Gasteiger partial charge on any atom is -0.290 e. The Kier molecular flexibility index (Phi) is 5.91. The van der Waals surface area contributed by atoms with Crippen LogP contribution in [0.1, 0.15) is 46.5 Å². The van der Waals surface area contributed by atoms with E-state index >= 15 is 0 Å². The van der Waals surface area contributed by atoms with Crippen molar-refractivity contribution in [2.24, 2.45) is 11.8 Å². The summed E-state index contributed by atoms with van der Waals surface area (Å²) in [6.07, 6.45) is -2.44. The summed E-state index contributed by atoms with van der Waals surface area (Å²) in [5, 5.41) is 0. The van der Waals surface area contributed by atoms with Gasteiger partial charge in [0.15, 0.2) is 0 Å². The van der Waals surface area contributed by atoms with E-state index in [2.05, 4.69) is 13.8 Å². The highest BCUT2D eigenvalue weighted by Gasteiger charge is 2.38. The number of hydrogen-bond acceptors (Lipinski definition) is 1. The summed E-state index contributed by atoms with van der Waals surface area (Å²) in [4.78, 5) is 10.6. The summed E-state index contributed by atoms with van der Waals surface area (Å²) in [6.45, 7) is 5.85. The zero-order chi connectivity index (χ0) is 12.1. The van der Waals surface area contributed by atoms with Gasteiger partial charge in [0.25, 0.3) is 0 Å². The molecule has 0 spiro atoms. The number of alkyl halides is 3. The number of carbonyl (C=O) groups excluding carboxylic acids is 1. The fourth-order valence-corrected chi connectivity index (χ4v) is 1.41. The molecule has 4 heteroatoms. The van der Waals surface area contributed by atoms with E-state index in [9.17, 15) is 18.0 Å². The summed E-state index contributed by atoms with van der Waals surface area (Å²) in [7, 11) is 0. The molecule has 0 aliphatic heterocycles. The molecule has 0 N–H and O–H groups in total. The van der Waals surface area contributed by atoms with Crippen molar-refractivity contribution in [2.75, 3.05) is 0 Å². The molecule has 1 nitrogen and oxygen atoms in total. The first kappa shape index (κ1) is 14.5. The van der Waals surface area contributed by atoms with Gasteiger partial charge in [-0.2, -0.15) is 13.2 Å². The maximum Gasteiger partial charge on any atom is 0.449 e. The quantitative estimate of drug-likeness (QED) is 0.667. The van der Waals surface area contributed by atoms with Crippen molar-refractivity contribution in [3.63, 3.8) is 0 Å². The van der Waals surface area contributed by atoms with Crippen molar-refractivity contribution in [1.82, 2.24) is 0 Å². The monoisotopic (exact) mass is 224 g/mol. The second kappa shape index (κ2) is 6.13. The Hall–Kier alpha value is -0.540. The molecule has 1 atom stereocenters. The summed E-state index contributed by atoms with van der Waals surface area (Å²) in [6, 6.07) is 0. The van der Waals surface area contributed by atoms with Gasteiger partial charge in [0.05, 0.1) is 0 Å². The third kappa shape index (κ3) is 7.40. The van der Waals surface area contributed by atoms with Gasteiger partial charge >= 0.3 is 6.18 Å². The van der Waals surface area contributed by atoms with Crippen LogP contribution in [0.4, 0.5) is 13.2 Å². The molecule has 0 radical (unpaired) electrons. The fraction of sp³-hybridized carbons (Fsp3) is 0.909. The minimum atomic E-state index is -4.66. The first-order chi connectivity index (χ1) is 6.73. The molecule has 0 fully saturated rings. The lowest BCUT2D eigenvalue weighted by Gasteiger charge is -2.12. The second-order valence-corrected chi connectivity index (χ2v) is 4.55. The molecule has 1 unspecified atom stereocenters. The van der Waals surface area contributed by atoms with Crippen LogP contribution >= 0.6 is 0 Å². The summed E-state index contributed by atoms with van der Waals surface area (Å²) < 4.78 is 35.7. The smallest absolute Gasteiger partial charge is 0.290 e. The van der Waals surface area contributed by atoms with Gasteiger partial charge in [-0.1, -0.05) is 40.0 Å². The third-order valence-corrected chi connectivity index (χ3v) is 2.33. The number of Topliss-reactive ketones (excluding diaryl/α,β-unsaturated/α-hetero) is 1. The van der Waals surface area contributed by atoms with E-state index in [0.29, 0.717) is 12.3 Å². The normalized spacial score (nSPS) is 14.3. The van der Waals surface area contributed by atoms with Gasteiger partial charge in [0, 0.05) is 6.42 Å². The molecule has 0 aliphatic rings. The van der Waals surface area contributed by atoms with E-state index in [1.54, 1.807) is 6.92 Å². The average Bonchev–Trinajstić information content (AvgIpc) is 2.01. The third-order valence-electron chi connectivity index (χ3n) is 2.33. The van der Waals surface area contributed by atoms with Crippen LogP contribution in [0.2, 0.25) is 0 Å². The molecule has 15 heavy (non-hydrogen) atoms. The topological polar surface area (TPSA) is 17.1 Å². The van der Waals surface area contributed by atoms with Crippen LogP contribution in [0.3, 0.4) is 0 Å². The van der Waals surface area contributed by atoms with Gasteiger partial charge in [0.1, 0.15) is 0 Å². The van der Waals surface area contributed by atoms with Crippen molar-refractivity contribution in [3.8, 4) is 0 Å². The van der Waals surface area contributed by atoms with Crippen LogP contribution in [0.25, 0.3) is 0 Å². The van der Waals surface area contributed by atoms with Gasteiger partial charge in [-0.05, 0) is 11.8 Å². The van der Waals surface area contributed by atoms with E-state index in [0.717, 1.165) is 12.8 Å². The Morgan fingerprint density at radius 3 is 2.07 bits per heavy atom. The predicted octanol–water partition coefficient (Wildman–Crippen LogP) is 3.97. The molecule has 0 heterocycles. The van der Waals surface area contributed by atoms with E-state index in [4.69, 9.17) is 0 Å². The van der Waals surface area contributed by atoms with Crippen molar-refractivity contribution < 1.29 is 18.0 Å². The molecule has 0 aromatic heterocycles. The Bertz CT molecular complexity index is 196. The standard InChI is InChI=1S/C11H19F3O/c1-8(2)5-4-6-9(3)7-10(15)11(12,13)14/h8-9H,4-7H2,1-3H3. The Labute approximate surface area is 89.0 Å². The van der Waals surface area contributed by atoms with Gasteiger partial charge < -0.3 is 0 Å². The molecule has 0 amide bonds. The first-order valence-electron chi connectivity index (χ1n) is 5.33. The van der Waals surface area contributed by atoms with Crippen molar-refractivity contribution in [3.05, 3.63) is 0 Å². The van der Waals surface area contributed by atoms with E-state index in [1.807, 2.05) is 0 Å². The van der Waals surface area contributed by atoms with Gasteiger partial charge in [-0.3, -0.25) is 4.79 Å². The van der Waals surface area contributed by atoms with Crippen molar-refractivity contribution in [2.45, 2.75) is 52.6 Å². The lowest BCUT2D eigenvalue weighted by molar-refractivity contribution is -0.172. The summed E-state index contributed by atoms with van der Waals surface area (Å²) in [5.74, 6) is -1.20. The molecular formula is C11H19F3O. The van der Waals surface area contributed by atoms with Crippen LogP contribution in [0, 0.1) is 11.8 Å². The minimum absolute atomic E-state index is 0.169. The van der Waals surface area contributed by atoms with Crippen LogP contribution in [-0.2, 0) is 4.79 Å². The van der Waals surface area contributed by atoms with Crippen LogP contribution in [-0.4, -0.2) is 12.0 Å². The highest BCUT2D eigenvalue weighted by Crippen LogP contribution is 2.23. The number of hydrogen-bond donors (Lipinski definition) is 0. The van der Waals surface area contributed by atoms with Crippen molar-refractivity contribution in [1.29, 1.82) is 0 Å². The highest BCUT2D eigenvalue weighted by atomic mass is 19.4. The first-order valence-corrected chi connectivity index (χ1v) is 5.33. The largest absolute Gasteiger partial charge is 0.449 e. The van der Waals surface area contributed by atoms with Gasteiger partial charge in [-0.25, -0.2) is 0 Å². The molecular weight excluding hydrogens is 205 g/mol. The summed E-state index contributed by atoms with van der Waals surface area (Å²) >= 11 is 0. The number of carbonyl (C=O) groups is 1. The number of rotatable bonds is 6. The van der Waals surface area contributed by atoms with Crippen LogP contribution < -0.4 is 0 Å². The summed E-state index contributed by atoms with van der Waals surface area (Å²) in [5.41, 5.74) is 0. The maximum absolute atomic E-state index is 11.9. The molecule has 0 saturated carbocycles. The van der Waals surface area contributed by atoms with Crippen molar-refractivity contribution >= 4 is 5.78 Å². The van der Waals surface area contributed by atoms with Crippen LogP contribution in [0.15, 0.2) is 0 Å². The van der Waals surface area contributed by atoms with Gasteiger partial charge in [-0.15, -0.1) is 0 Å². The predicted molar refractivity (Wildman–Crippen MR) is 53.5 cm³/mol. The van der Waals surface area contributed by atoms with E-state index < -0.39 is 12.0 Å². The molecule has 0 aromatic rings. The lowest BCUT2D eigenvalue weighted by Crippen LogP contribution is -2.24. The Morgan fingerprint density at radius 1 is 1.13 bits per heavy atom. The SMILES string of the molecule is CC(C)CCCC(C)CC(=O)C(F)(F)F. The Balaban J connectivity index is 3.75. The second-order valence-electron chi connectivity index (χ2n) is 4.55. The maximum atomic E-state index is 11.9. The molecule has 0 saturated heterocycles. The zero-order valence-electron chi connectivity index (χ0n) is 9.53. The van der Waals surface area contributed by atoms with E-state index in [1.165, 1.54) is 0 Å². The van der Waals surface area contributed by atoms with E-state index in [-0.39, 0.29) is 12.3 Å². The Morgan fingerprint density at radius 2 is 1.67 bits per heavy atom. The lowest BCUT2D eigenvalue weighted by atomic mass is 9.95. The van der Waals surface area contributed by atoms with Crippen LogP contribution in [0.5, 0.6) is 0 Å². The molecule has 0 rings (SSSR count). The molecule has 0 aromatic carbocycles. The molecule has 90 valence electrons. The fourth-order valence-electron chi connectivity index (χ4n) is 1.41. The molecule has 0 bridgehead atoms. The van der Waals surface area contributed by atoms with Gasteiger partial charge in [0.2, 0.25) is 5.78 Å². The average molecular weight is 224 g/mol. The number of ketones is 1. The number of halogens is 3.